The zero-order valence-electron chi connectivity index (χ0n) is 8.60. The van der Waals surface area contributed by atoms with Crippen molar-refractivity contribution >= 4 is 16.9 Å². The molecule has 15 heavy (non-hydrogen) atoms. The summed E-state index contributed by atoms with van der Waals surface area (Å²) in [6, 6.07) is 7.79. The molecule has 1 heterocycles. The summed E-state index contributed by atoms with van der Waals surface area (Å²) in [6.45, 7) is 1.89. The van der Waals surface area contributed by atoms with Gasteiger partial charge < -0.3 is 0 Å². The lowest BCUT2D eigenvalue weighted by molar-refractivity contribution is 0.0888. The quantitative estimate of drug-likeness (QED) is 0.708. The van der Waals surface area contributed by atoms with Crippen molar-refractivity contribution in [2.45, 2.75) is 19.8 Å². The molecule has 0 radical (unpaired) electrons. The molecule has 0 bridgehead atoms. The predicted molar refractivity (Wildman–Crippen MR) is 57.8 cm³/mol. The Morgan fingerprint density at radius 1 is 1.40 bits per heavy atom. The molecule has 0 saturated heterocycles. The number of aromatic nitrogens is 2. The molecule has 0 spiro atoms. The molecule has 0 aliphatic heterocycles. The van der Waals surface area contributed by atoms with Gasteiger partial charge in [-0.15, -0.1) is 0 Å². The van der Waals surface area contributed by atoms with E-state index in [2.05, 4.69) is 4.98 Å². The second kappa shape index (κ2) is 2.92. The Hall–Kier alpha value is -1.64. The second-order valence-electron chi connectivity index (χ2n) is 4.10. The van der Waals surface area contributed by atoms with E-state index < -0.39 is 0 Å². The van der Waals surface area contributed by atoms with Crippen LogP contribution in [0.15, 0.2) is 24.3 Å². The molecular weight excluding hydrogens is 188 g/mol. The molecule has 1 aliphatic carbocycles. The van der Waals surface area contributed by atoms with Crippen molar-refractivity contribution in [1.82, 2.24) is 9.55 Å². The van der Waals surface area contributed by atoms with Crippen LogP contribution in [0.1, 0.15) is 23.5 Å². The van der Waals surface area contributed by atoms with Gasteiger partial charge in [0.15, 0.2) is 0 Å². The lowest BCUT2D eigenvalue weighted by Gasteiger charge is -2.02. The lowest BCUT2D eigenvalue weighted by Crippen LogP contribution is -2.13. The topological polar surface area (TPSA) is 34.9 Å². The van der Waals surface area contributed by atoms with Crippen molar-refractivity contribution in [3.8, 4) is 0 Å². The Balaban J connectivity index is 2.23. The highest BCUT2D eigenvalue weighted by Crippen LogP contribution is 2.32. The van der Waals surface area contributed by atoms with Gasteiger partial charge in [-0.3, -0.25) is 9.36 Å². The first kappa shape index (κ1) is 8.65. The van der Waals surface area contributed by atoms with Crippen molar-refractivity contribution in [3.05, 3.63) is 30.1 Å². The van der Waals surface area contributed by atoms with Gasteiger partial charge in [-0.1, -0.05) is 12.1 Å². The van der Waals surface area contributed by atoms with Gasteiger partial charge in [0.25, 0.3) is 0 Å². The summed E-state index contributed by atoms with van der Waals surface area (Å²) in [5, 5.41) is 0. The average molecular weight is 200 g/mol. The maximum Gasteiger partial charge on any atom is 0.235 e. The molecule has 76 valence electrons. The maximum absolute atomic E-state index is 12.0. The largest absolute Gasteiger partial charge is 0.274 e. The number of benzene rings is 1. The fourth-order valence-corrected chi connectivity index (χ4v) is 1.94. The van der Waals surface area contributed by atoms with Crippen LogP contribution in [0.2, 0.25) is 0 Å². The van der Waals surface area contributed by atoms with Crippen molar-refractivity contribution in [3.63, 3.8) is 0 Å². The van der Waals surface area contributed by atoms with Crippen LogP contribution in [-0.2, 0) is 0 Å². The zero-order valence-corrected chi connectivity index (χ0v) is 8.60. The average Bonchev–Trinajstić information content (AvgIpc) is 3.00. The van der Waals surface area contributed by atoms with Gasteiger partial charge in [-0.2, -0.15) is 0 Å². The van der Waals surface area contributed by atoms with Crippen LogP contribution in [0, 0.1) is 12.8 Å². The van der Waals surface area contributed by atoms with Gasteiger partial charge in [0.05, 0.1) is 11.0 Å². The summed E-state index contributed by atoms with van der Waals surface area (Å²) < 4.78 is 1.76. The van der Waals surface area contributed by atoms with Crippen molar-refractivity contribution in [2.75, 3.05) is 0 Å². The van der Waals surface area contributed by atoms with Crippen LogP contribution >= 0.6 is 0 Å². The maximum atomic E-state index is 12.0. The van der Waals surface area contributed by atoms with E-state index >= 15 is 0 Å². The smallest absolute Gasteiger partial charge is 0.235 e. The minimum atomic E-state index is 0.209. The minimum absolute atomic E-state index is 0.209. The number of carbonyl (C=O) groups excluding carboxylic acids is 1. The third kappa shape index (κ3) is 1.27. The predicted octanol–water partition coefficient (Wildman–Crippen LogP) is 2.39. The number of imidazole rings is 1. The van der Waals surface area contributed by atoms with Gasteiger partial charge in [0, 0.05) is 5.92 Å². The van der Waals surface area contributed by atoms with Crippen molar-refractivity contribution in [1.29, 1.82) is 0 Å². The molecular formula is C12H12N2O. The number of aryl methyl sites for hydroxylation is 1. The van der Waals surface area contributed by atoms with Crippen LogP contribution in [0.3, 0.4) is 0 Å². The SMILES string of the molecule is Cc1nc2ccccc2n1C(=O)C1CC1. The Kier molecular flexibility index (Phi) is 1.69. The van der Waals surface area contributed by atoms with E-state index in [9.17, 15) is 4.79 Å². The van der Waals surface area contributed by atoms with E-state index in [1.54, 1.807) is 4.57 Å². The first-order valence-electron chi connectivity index (χ1n) is 5.25. The molecule has 0 atom stereocenters. The minimum Gasteiger partial charge on any atom is -0.274 e. The van der Waals surface area contributed by atoms with Gasteiger partial charge in [0.2, 0.25) is 5.91 Å². The summed E-state index contributed by atoms with van der Waals surface area (Å²) >= 11 is 0. The summed E-state index contributed by atoms with van der Waals surface area (Å²) in [4.78, 5) is 16.4. The first-order chi connectivity index (χ1) is 7.27. The molecule has 3 nitrogen and oxygen atoms in total. The number of para-hydroxylation sites is 2. The highest BCUT2D eigenvalue weighted by Gasteiger charge is 2.32. The van der Waals surface area contributed by atoms with Crippen molar-refractivity contribution < 1.29 is 4.79 Å². The summed E-state index contributed by atoms with van der Waals surface area (Å²) in [5.74, 6) is 1.25. The summed E-state index contributed by atoms with van der Waals surface area (Å²) in [5.41, 5.74) is 1.84. The molecule has 1 aliphatic rings. The highest BCUT2D eigenvalue weighted by atomic mass is 16.2. The fourth-order valence-electron chi connectivity index (χ4n) is 1.94. The van der Waals surface area contributed by atoms with Crippen LogP contribution in [0.5, 0.6) is 0 Å². The van der Waals surface area contributed by atoms with E-state index in [1.807, 2.05) is 31.2 Å². The zero-order chi connectivity index (χ0) is 10.4. The van der Waals surface area contributed by atoms with Crippen LogP contribution in [-0.4, -0.2) is 15.5 Å². The van der Waals surface area contributed by atoms with Gasteiger partial charge in [-0.25, -0.2) is 4.98 Å². The molecule has 1 aromatic heterocycles. The number of rotatable bonds is 1. The Morgan fingerprint density at radius 3 is 2.87 bits per heavy atom. The third-order valence-electron chi connectivity index (χ3n) is 2.88. The lowest BCUT2D eigenvalue weighted by atomic mass is 10.3. The van der Waals surface area contributed by atoms with E-state index in [0.29, 0.717) is 0 Å². The van der Waals surface area contributed by atoms with Crippen LogP contribution in [0.25, 0.3) is 11.0 Å². The van der Waals surface area contributed by atoms with E-state index in [0.717, 1.165) is 29.7 Å². The molecule has 3 rings (SSSR count). The van der Waals surface area contributed by atoms with E-state index in [1.165, 1.54) is 0 Å². The Bertz CT molecular complexity index is 538. The Labute approximate surface area is 87.7 Å². The molecule has 1 aromatic carbocycles. The molecule has 2 aromatic rings. The normalized spacial score (nSPS) is 15.8. The van der Waals surface area contributed by atoms with Gasteiger partial charge in [0.1, 0.15) is 5.82 Å². The Morgan fingerprint density at radius 2 is 2.13 bits per heavy atom. The number of nitrogens with zero attached hydrogens (tertiary/aromatic N) is 2. The molecule has 0 unspecified atom stereocenters. The third-order valence-corrected chi connectivity index (χ3v) is 2.88. The highest BCUT2D eigenvalue weighted by molar-refractivity contribution is 5.93. The van der Waals surface area contributed by atoms with Crippen LogP contribution in [0.4, 0.5) is 0 Å². The molecule has 0 amide bonds. The van der Waals surface area contributed by atoms with Crippen molar-refractivity contribution in [2.24, 2.45) is 5.92 Å². The molecule has 3 heteroatoms. The van der Waals surface area contributed by atoms with E-state index in [4.69, 9.17) is 0 Å². The number of fused-ring (bicyclic) bond motifs is 1. The molecule has 0 N–H and O–H groups in total. The molecule has 1 saturated carbocycles. The fraction of sp³-hybridized carbons (Fsp3) is 0.333. The van der Waals surface area contributed by atoms with E-state index in [-0.39, 0.29) is 11.8 Å². The number of hydrogen-bond donors (Lipinski definition) is 0. The number of hydrogen-bond acceptors (Lipinski definition) is 2. The second-order valence-corrected chi connectivity index (χ2v) is 4.10. The summed E-state index contributed by atoms with van der Waals surface area (Å²) in [6.07, 6.45) is 2.07. The van der Waals surface area contributed by atoms with Gasteiger partial charge >= 0.3 is 0 Å². The van der Waals surface area contributed by atoms with Crippen LogP contribution < -0.4 is 0 Å². The monoisotopic (exact) mass is 200 g/mol. The standard InChI is InChI=1S/C12H12N2O/c1-8-13-10-4-2-3-5-11(10)14(8)12(15)9-6-7-9/h2-5,9H,6-7H2,1H3. The molecule has 1 fully saturated rings. The van der Waals surface area contributed by atoms with Gasteiger partial charge in [-0.05, 0) is 31.9 Å². The number of carbonyl (C=O) groups is 1. The summed E-state index contributed by atoms with van der Waals surface area (Å²) in [7, 11) is 0. The first-order valence-corrected chi connectivity index (χ1v) is 5.25.